The van der Waals surface area contributed by atoms with Gasteiger partial charge < -0.3 is 46.9 Å². The number of aromatic nitrogens is 7. The molecule has 0 saturated heterocycles. The largest absolute Gasteiger partial charge is 0.448 e. The van der Waals surface area contributed by atoms with E-state index in [4.69, 9.17) is 35.1 Å². The maximum absolute atomic E-state index is 14.2. The van der Waals surface area contributed by atoms with Gasteiger partial charge in [-0.05, 0) is 30.5 Å². The van der Waals surface area contributed by atoms with Crippen LogP contribution in [0.1, 0.15) is 106 Å². The Morgan fingerprint density at radius 1 is 0.734 bits per heavy atom. The molecule has 79 heavy (non-hydrogen) atoms. The summed E-state index contributed by atoms with van der Waals surface area (Å²) >= 11 is 7.17. The topological polar surface area (TPSA) is 330 Å². The van der Waals surface area contributed by atoms with E-state index >= 15 is 0 Å². The number of aliphatic hydroxyl groups excluding tert-OH is 1. The van der Waals surface area contributed by atoms with Gasteiger partial charge in [-0.25, -0.2) is 39.7 Å². The predicted molar refractivity (Wildman–Crippen MR) is 301 cm³/mol. The van der Waals surface area contributed by atoms with Crippen molar-refractivity contribution in [1.29, 1.82) is 0 Å². The van der Waals surface area contributed by atoms with Gasteiger partial charge in [-0.3, -0.25) is 29.3 Å². The van der Waals surface area contributed by atoms with Crippen LogP contribution in [-0.2, 0) is 25.7 Å². The maximum atomic E-state index is 14.2. The van der Waals surface area contributed by atoms with Crippen molar-refractivity contribution in [3.05, 3.63) is 111 Å². The highest BCUT2D eigenvalue weighted by molar-refractivity contribution is 7.15. The average Bonchev–Trinajstić information content (AvgIpc) is 4.35. The summed E-state index contributed by atoms with van der Waals surface area (Å²) in [4.78, 5) is 116. The van der Waals surface area contributed by atoms with Crippen LogP contribution in [-0.4, -0.2) is 109 Å². The Bertz CT molecular complexity index is 3530. The molecule has 10 bridgehead atoms. The zero-order valence-electron chi connectivity index (χ0n) is 42.6. The van der Waals surface area contributed by atoms with Gasteiger partial charge in [-0.2, -0.15) is 0 Å². The van der Waals surface area contributed by atoms with Crippen molar-refractivity contribution < 1.29 is 43.3 Å². The molecule has 0 aliphatic carbocycles. The van der Waals surface area contributed by atoms with Gasteiger partial charge in [-0.1, -0.05) is 44.2 Å². The van der Waals surface area contributed by atoms with Gasteiger partial charge in [0.25, 0.3) is 17.7 Å². The normalized spacial score (nSPS) is 16.5. The summed E-state index contributed by atoms with van der Waals surface area (Å²) in [5.41, 5.74) is 8.22. The number of benzene rings is 1. The standard InChI is InChI=1S/C50H50N14O9S6/c1-22(2)35-49-64-38(31(79-49)17-72-5)42(69)53-16-34(66)61-39(40(67)24-9-7-6-8-10-24)48-58-30(20-76-48)46-56-28(18-75-46)37-25(11-12-26(54-37)45-59-32(21-77-45)60-50(71)73-14-13-51)44-57-29(19-74-44)41(68)55-27(15-33(65)52-4)47-63-36(23(3)78-47)43(70)62-35/h6-12,18-22,27,35,39-40,67H,13-17,51H2,1-5H3,(H,52,65)(H,53,69)(H,55,68)(H,60,71)(H,61,66)(H,62,70)/t27-,35-,39-,40-/m0/s1. The molecule has 410 valence electrons. The van der Waals surface area contributed by atoms with Crippen molar-refractivity contribution in [3.8, 4) is 43.4 Å². The smallest absolute Gasteiger partial charge is 0.412 e. The summed E-state index contributed by atoms with van der Waals surface area (Å²) in [6.07, 6.45) is -2.20. The zero-order chi connectivity index (χ0) is 55.9. The molecule has 0 saturated carbocycles. The number of nitrogens with zero attached hydrogens (tertiary/aromatic N) is 7. The van der Waals surface area contributed by atoms with E-state index in [9.17, 15) is 33.9 Å². The second kappa shape index (κ2) is 25.2. The number of rotatable bonds is 11. The number of aliphatic hydroxyl groups is 1. The van der Waals surface area contributed by atoms with E-state index in [1.165, 1.54) is 70.8 Å². The van der Waals surface area contributed by atoms with Crippen LogP contribution < -0.4 is 37.6 Å². The first-order valence-corrected chi connectivity index (χ1v) is 29.3. The number of ether oxygens (including phenoxy) is 2. The molecule has 0 spiro atoms. The number of methoxy groups -OCH3 is 1. The molecule has 29 heteroatoms. The van der Waals surface area contributed by atoms with Gasteiger partial charge in [0.05, 0.1) is 42.2 Å². The summed E-state index contributed by atoms with van der Waals surface area (Å²) < 4.78 is 10.5. The van der Waals surface area contributed by atoms with E-state index in [0.717, 1.165) is 11.3 Å². The Hall–Kier alpha value is -7.35. The summed E-state index contributed by atoms with van der Waals surface area (Å²) in [6.45, 7) is 5.14. The number of amides is 6. The van der Waals surface area contributed by atoms with Crippen molar-refractivity contribution in [2.45, 2.75) is 58.0 Å². The van der Waals surface area contributed by atoms with Crippen LogP contribution in [0.5, 0.6) is 0 Å². The third kappa shape index (κ3) is 13.1. The molecule has 9 N–H and O–H groups in total. The molecule has 4 atom stereocenters. The van der Waals surface area contributed by atoms with E-state index in [0.29, 0.717) is 73.7 Å². The van der Waals surface area contributed by atoms with Crippen molar-refractivity contribution in [1.82, 2.24) is 61.5 Å². The monoisotopic (exact) mass is 1180 g/mol. The van der Waals surface area contributed by atoms with E-state index in [2.05, 4.69) is 46.9 Å². The van der Waals surface area contributed by atoms with E-state index < -0.39 is 66.4 Å². The Kier molecular flexibility index (Phi) is 18.0. The summed E-state index contributed by atoms with van der Waals surface area (Å²) in [7, 11) is 2.94. The van der Waals surface area contributed by atoms with Crippen LogP contribution in [0.4, 0.5) is 10.6 Å². The molecule has 0 radical (unpaired) electrons. The molecule has 0 unspecified atom stereocenters. The zero-order valence-corrected chi connectivity index (χ0v) is 47.5. The first-order chi connectivity index (χ1) is 38.1. The quantitative estimate of drug-likeness (QED) is 0.0658. The Labute approximate surface area is 474 Å². The molecule has 1 aromatic carbocycles. The fourth-order valence-corrected chi connectivity index (χ4v) is 13.4. The number of hydrogen-bond donors (Lipinski definition) is 8. The number of carbonyl (C=O) groups is 6. The number of carbonyl (C=O) groups excluding carboxylic acids is 6. The van der Waals surface area contributed by atoms with Crippen LogP contribution in [0, 0.1) is 12.8 Å². The lowest BCUT2D eigenvalue weighted by Crippen LogP contribution is -2.40. The number of aryl methyl sites for hydroxylation is 1. The SMILES string of the molecule is CNC(=O)C[C@@H]1NC(=O)c2csc(n2)-c2ccc(-c3nc(NC(=O)OCCN)cs3)nc2-c2csc(n2)-c2csc(n2)[C@H]([C@@H](O)c2ccccc2)NC(=O)CNC(=O)c2nc(sc2COC)[C@H](C(C)C)NC(=O)c2nc1sc2C. The highest BCUT2D eigenvalue weighted by Gasteiger charge is 2.33. The summed E-state index contributed by atoms with van der Waals surface area (Å²) in [5, 5.41) is 37.6. The Balaban J connectivity index is 1.13. The maximum Gasteiger partial charge on any atom is 0.412 e. The molecule has 7 aromatic heterocycles. The van der Waals surface area contributed by atoms with Gasteiger partial charge in [0, 0.05) is 52.7 Å². The van der Waals surface area contributed by atoms with E-state index in [1.54, 1.807) is 70.9 Å². The number of nitrogens with one attached hydrogen (secondary N) is 6. The minimum absolute atomic E-state index is 0.000476. The van der Waals surface area contributed by atoms with Gasteiger partial charge in [-0.15, -0.1) is 68.0 Å². The minimum Gasteiger partial charge on any atom is -0.448 e. The highest BCUT2D eigenvalue weighted by atomic mass is 32.1. The molecule has 8 aromatic rings. The molecule has 8 heterocycles. The number of anilines is 1. The molecule has 1 aliphatic heterocycles. The molecule has 1 aliphatic rings. The van der Waals surface area contributed by atoms with E-state index in [1.807, 2.05) is 13.8 Å². The fourth-order valence-electron chi connectivity index (χ4n) is 7.93. The van der Waals surface area contributed by atoms with Crippen LogP contribution in [0.15, 0.2) is 64.0 Å². The first kappa shape index (κ1) is 56.4. The number of fused-ring (bicyclic) bond motifs is 14. The van der Waals surface area contributed by atoms with Gasteiger partial charge in [0.1, 0.15) is 88.8 Å². The highest BCUT2D eigenvalue weighted by Crippen LogP contribution is 2.40. The third-order valence-corrected chi connectivity index (χ3v) is 17.6. The molecule has 23 nitrogen and oxygen atoms in total. The van der Waals surface area contributed by atoms with Crippen LogP contribution in [0.3, 0.4) is 0 Å². The Morgan fingerprint density at radius 3 is 2.22 bits per heavy atom. The number of pyridine rings is 1. The van der Waals surface area contributed by atoms with Crippen molar-refractivity contribution in [2.24, 2.45) is 11.7 Å². The molecule has 6 amide bonds. The van der Waals surface area contributed by atoms with Gasteiger partial charge >= 0.3 is 6.09 Å². The summed E-state index contributed by atoms with van der Waals surface area (Å²) in [6, 6.07) is 9.50. The second-order valence-corrected chi connectivity index (χ2v) is 23.5. The van der Waals surface area contributed by atoms with Gasteiger partial charge in [0.2, 0.25) is 11.8 Å². The third-order valence-electron chi connectivity index (χ3n) is 11.8. The molecule has 0 fully saturated rings. The second-order valence-electron chi connectivity index (χ2n) is 17.7. The van der Waals surface area contributed by atoms with Gasteiger partial charge in [0.15, 0.2) is 0 Å². The minimum atomic E-state index is -1.27. The summed E-state index contributed by atoms with van der Waals surface area (Å²) in [5.74, 6) is -2.88. The van der Waals surface area contributed by atoms with Crippen molar-refractivity contribution in [3.63, 3.8) is 0 Å². The fraction of sp³-hybridized carbons (Fsp3) is 0.300. The molecular formula is C50H50N14O9S6. The van der Waals surface area contributed by atoms with Crippen LogP contribution in [0.2, 0.25) is 0 Å². The average molecular weight is 1180 g/mol. The lowest BCUT2D eigenvalue weighted by atomic mass is 10.0. The molecule has 9 rings (SSSR count). The number of thiazole rings is 6. The lowest BCUT2D eigenvalue weighted by molar-refractivity contribution is -0.122. The number of nitrogens with two attached hydrogens (primary N) is 1. The molecular weight excluding hydrogens is 1130 g/mol. The van der Waals surface area contributed by atoms with E-state index in [-0.39, 0.29) is 55.0 Å². The predicted octanol–water partition coefficient (Wildman–Crippen LogP) is 6.82. The van der Waals surface area contributed by atoms with Crippen molar-refractivity contribution >= 4 is 109 Å². The van der Waals surface area contributed by atoms with Crippen LogP contribution in [0.25, 0.3) is 43.4 Å². The van der Waals surface area contributed by atoms with Crippen LogP contribution >= 0.6 is 68.0 Å². The Morgan fingerprint density at radius 2 is 1.46 bits per heavy atom. The lowest BCUT2D eigenvalue weighted by Gasteiger charge is -2.23. The number of hydrogen-bond acceptors (Lipinski definition) is 23. The first-order valence-electron chi connectivity index (χ1n) is 24.2. The van der Waals surface area contributed by atoms with Crippen molar-refractivity contribution in [2.75, 3.05) is 39.2 Å².